The van der Waals surface area contributed by atoms with Crippen molar-refractivity contribution in [3.63, 3.8) is 0 Å². The molecule has 12 heavy (non-hydrogen) atoms. The van der Waals surface area contributed by atoms with Gasteiger partial charge >= 0.3 is 0 Å². The zero-order valence-corrected chi connectivity index (χ0v) is 8.09. The van der Waals surface area contributed by atoms with Gasteiger partial charge in [-0.3, -0.25) is 4.79 Å². The summed E-state index contributed by atoms with van der Waals surface area (Å²) in [5.41, 5.74) is -0.0616. The van der Waals surface area contributed by atoms with Crippen molar-refractivity contribution in [1.29, 1.82) is 0 Å². The summed E-state index contributed by atoms with van der Waals surface area (Å²) >= 11 is 0. The van der Waals surface area contributed by atoms with Crippen LogP contribution in [0.1, 0.15) is 0 Å². The first-order valence-electron chi connectivity index (χ1n) is 3.42. The molecule has 2 heterocycles. The zero-order chi connectivity index (χ0) is 7.03. The molecule has 2 aliphatic heterocycles. The number of nitrogens with one attached hydrogen (secondary N) is 2. The number of carbonyl (C=O) groups excluding carboxylic acids is 1. The van der Waals surface area contributed by atoms with Crippen LogP contribution in [-0.2, 0) is 9.53 Å². The molecule has 2 N–H and O–H groups in total. The van der Waals surface area contributed by atoms with Crippen LogP contribution in [0.5, 0.6) is 0 Å². The van der Waals surface area contributed by atoms with Crippen LogP contribution in [-0.4, -0.2) is 37.7 Å². The van der Waals surface area contributed by atoms with Crippen LogP contribution < -0.4 is 10.6 Å². The predicted octanol–water partition coefficient (Wildman–Crippen LogP) is -0.682. The lowest BCUT2D eigenvalue weighted by Gasteiger charge is -2.44. The summed E-state index contributed by atoms with van der Waals surface area (Å²) in [4.78, 5) is 10.6. The van der Waals surface area contributed by atoms with E-state index >= 15 is 0 Å². The number of amides is 1. The summed E-state index contributed by atoms with van der Waals surface area (Å²) in [6, 6.07) is 0. The summed E-state index contributed by atoms with van der Waals surface area (Å²) in [5, 5.41) is 5.88. The van der Waals surface area contributed by atoms with E-state index in [1.807, 2.05) is 0 Å². The van der Waals surface area contributed by atoms with Gasteiger partial charge in [0.15, 0.2) is 0 Å². The van der Waals surface area contributed by atoms with E-state index in [9.17, 15) is 4.79 Å². The number of halogens is 2. The fourth-order valence-corrected chi connectivity index (χ4v) is 1.21. The lowest BCUT2D eigenvalue weighted by Crippen LogP contribution is -2.69. The van der Waals surface area contributed by atoms with E-state index in [1.165, 1.54) is 0 Å². The molecular formula is C6H12Cl2N2O2. The largest absolute Gasteiger partial charge is 0.361 e. The Morgan fingerprint density at radius 1 is 1.25 bits per heavy atom. The SMILES string of the molecule is Cl.Cl.O=C1COC2(CNC2)CN1. The second-order valence-electron chi connectivity index (χ2n) is 2.85. The van der Waals surface area contributed by atoms with Gasteiger partial charge in [-0.2, -0.15) is 0 Å². The number of carbonyl (C=O) groups is 1. The smallest absolute Gasteiger partial charge is 0.246 e. The summed E-state index contributed by atoms with van der Waals surface area (Å²) in [6.07, 6.45) is 0. The number of hydrogen-bond donors (Lipinski definition) is 2. The molecular weight excluding hydrogens is 203 g/mol. The van der Waals surface area contributed by atoms with E-state index in [1.54, 1.807) is 0 Å². The van der Waals surface area contributed by atoms with Gasteiger partial charge in [-0.25, -0.2) is 0 Å². The Morgan fingerprint density at radius 3 is 2.25 bits per heavy atom. The molecule has 0 bridgehead atoms. The van der Waals surface area contributed by atoms with Crippen molar-refractivity contribution in [2.75, 3.05) is 26.2 Å². The molecule has 0 radical (unpaired) electrons. The first kappa shape index (κ1) is 12.0. The molecule has 0 saturated carbocycles. The Bertz CT molecular complexity index is 161. The van der Waals surface area contributed by atoms with Crippen molar-refractivity contribution < 1.29 is 9.53 Å². The molecule has 2 rings (SSSR count). The first-order chi connectivity index (χ1) is 4.81. The first-order valence-corrected chi connectivity index (χ1v) is 3.42. The Morgan fingerprint density at radius 2 is 1.92 bits per heavy atom. The highest BCUT2D eigenvalue weighted by Gasteiger charge is 2.41. The molecule has 2 fully saturated rings. The molecule has 0 aromatic rings. The van der Waals surface area contributed by atoms with Gasteiger partial charge in [0.2, 0.25) is 5.91 Å². The molecule has 72 valence electrons. The third-order valence-electron chi connectivity index (χ3n) is 2.01. The van der Waals surface area contributed by atoms with Crippen molar-refractivity contribution in [3.8, 4) is 0 Å². The molecule has 0 unspecified atom stereocenters. The van der Waals surface area contributed by atoms with Crippen LogP contribution in [0.15, 0.2) is 0 Å². The van der Waals surface area contributed by atoms with Gasteiger partial charge in [0, 0.05) is 19.6 Å². The predicted molar refractivity (Wildman–Crippen MR) is 49.1 cm³/mol. The van der Waals surface area contributed by atoms with E-state index in [2.05, 4.69) is 10.6 Å². The molecule has 0 aromatic carbocycles. The van der Waals surface area contributed by atoms with Crippen LogP contribution in [0.25, 0.3) is 0 Å². The highest BCUT2D eigenvalue weighted by atomic mass is 35.5. The van der Waals surface area contributed by atoms with E-state index in [-0.39, 0.29) is 42.9 Å². The van der Waals surface area contributed by atoms with Crippen molar-refractivity contribution in [2.45, 2.75) is 5.60 Å². The monoisotopic (exact) mass is 214 g/mol. The lowest BCUT2D eigenvalue weighted by molar-refractivity contribution is -0.150. The topological polar surface area (TPSA) is 50.4 Å². The van der Waals surface area contributed by atoms with Gasteiger partial charge < -0.3 is 15.4 Å². The van der Waals surface area contributed by atoms with Gasteiger partial charge in [0.05, 0.1) is 0 Å². The minimum atomic E-state index is -0.0616. The summed E-state index contributed by atoms with van der Waals surface area (Å²) < 4.78 is 5.34. The van der Waals surface area contributed by atoms with E-state index < -0.39 is 0 Å². The Balaban J connectivity index is 0.000000605. The Labute approximate surface area is 83.2 Å². The Kier molecular flexibility index (Phi) is 4.26. The van der Waals surface area contributed by atoms with Gasteiger partial charge in [0.1, 0.15) is 12.2 Å². The normalized spacial score (nSPS) is 24.5. The van der Waals surface area contributed by atoms with Crippen molar-refractivity contribution in [1.82, 2.24) is 10.6 Å². The van der Waals surface area contributed by atoms with Crippen LogP contribution in [0.4, 0.5) is 0 Å². The molecule has 0 aliphatic carbocycles. The molecule has 1 amide bonds. The van der Waals surface area contributed by atoms with Crippen LogP contribution in [0.2, 0.25) is 0 Å². The molecule has 2 saturated heterocycles. The standard InChI is InChI=1S/C6H10N2O2.2ClH/c9-5-1-10-6(4-8-5)2-7-3-6;;/h7H,1-4H2,(H,8,9);2*1H. The average Bonchev–Trinajstić information content (AvgIpc) is 1.86. The quantitative estimate of drug-likeness (QED) is 0.562. The molecule has 0 aromatic heterocycles. The number of rotatable bonds is 0. The van der Waals surface area contributed by atoms with Crippen molar-refractivity contribution in [2.24, 2.45) is 0 Å². The van der Waals surface area contributed by atoms with E-state index in [0.29, 0.717) is 6.54 Å². The number of ether oxygens (including phenoxy) is 1. The second-order valence-corrected chi connectivity index (χ2v) is 2.85. The average molecular weight is 215 g/mol. The van der Waals surface area contributed by atoms with Crippen LogP contribution in [0, 0.1) is 0 Å². The highest BCUT2D eigenvalue weighted by Crippen LogP contribution is 2.17. The maximum atomic E-state index is 10.6. The molecule has 2 aliphatic rings. The molecule has 4 nitrogen and oxygen atoms in total. The molecule has 1 spiro atoms. The van der Waals surface area contributed by atoms with Gasteiger partial charge in [-0.1, -0.05) is 0 Å². The highest BCUT2D eigenvalue weighted by molar-refractivity contribution is 5.85. The lowest BCUT2D eigenvalue weighted by atomic mass is 9.96. The van der Waals surface area contributed by atoms with E-state index in [0.717, 1.165) is 13.1 Å². The number of morpholine rings is 1. The fourth-order valence-electron chi connectivity index (χ4n) is 1.21. The van der Waals surface area contributed by atoms with Crippen LogP contribution in [0.3, 0.4) is 0 Å². The zero-order valence-electron chi connectivity index (χ0n) is 6.46. The van der Waals surface area contributed by atoms with Gasteiger partial charge in [-0.05, 0) is 0 Å². The maximum Gasteiger partial charge on any atom is 0.246 e. The minimum Gasteiger partial charge on any atom is -0.361 e. The number of hydrogen-bond acceptors (Lipinski definition) is 3. The third kappa shape index (κ3) is 2.01. The second kappa shape index (κ2) is 4.28. The molecule has 6 heteroatoms. The van der Waals surface area contributed by atoms with Crippen molar-refractivity contribution >= 4 is 30.7 Å². The molecule has 0 atom stereocenters. The third-order valence-corrected chi connectivity index (χ3v) is 2.01. The summed E-state index contributed by atoms with van der Waals surface area (Å²) in [5.74, 6) is -0.00229. The van der Waals surface area contributed by atoms with Crippen molar-refractivity contribution in [3.05, 3.63) is 0 Å². The fraction of sp³-hybridized carbons (Fsp3) is 0.833. The summed E-state index contributed by atoms with van der Waals surface area (Å²) in [6.45, 7) is 2.63. The summed E-state index contributed by atoms with van der Waals surface area (Å²) in [7, 11) is 0. The Hall–Kier alpha value is -0.0300. The van der Waals surface area contributed by atoms with Crippen LogP contribution >= 0.6 is 24.8 Å². The van der Waals surface area contributed by atoms with Gasteiger partial charge in [-0.15, -0.1) is 24.8 Å². The van der Waals surface area contributed by atoms with Gasteiger partial charge in [0.25, 0.3) is 0 Å². The van der Waals surface area contributed by atoms with E-state index in [4.69, 9.17) is 4.74 Å². The minimum absolute atomic E-state index is 0. The maximum absolute atomic E-state index is 10.6.